The van der Waals surface area contributed by atoms with E-state index in [4.69, 9.17) is 14.0 Å². The third kappa shape index (κ3) is 2.83. The fraction of sp³-hybridized carbons (Fsp3) is 0.562. The Hall–Kier alpha value is -1.95. The summed E-state index contributed by atoms with van der Waals surface area (Å²) in [5.74, 6) is 1.75. The highest BCUT2D eigenvalue weighted by atomic mass is 16.5. The number of ether oxygens (including phenoxy) is 2. The highest BCUT2D eigenvalue weighted by molar-refractivity contribution is 5.59. The highest BCUT2D eigenvalue weighted by Crippen LogP contribution is 2.39. The van der Waals surface area contributed by atoms with Crippen LogP contribution in [-0.4, -0.2) is 33.4 Å². The molecule has 2 aromatic rings. The van der Waals surface area contributed by atoms with Crippen LogP contribution in [0.2, 0.25) is 0 Å². The average Bonchev–Trinajstić information content (AvgIpc) is 3.04. The molecule has 3 rings (SSSR count). The number of pyridine rings is 1. The summed E-state index contributed by atoms with van der Waals surface area (Å²) < 4.78 is 16.9. The van der Waals surface area contributed by atoms with Gasteiger partial charge in [0.25, 0.3) is 5.89 Å². The molecule has 0 aromatic carbocycles. The van der Waals surface area contributed by atoms with E-state index in [2.05, 4.69) is 29.0 Å². The fourth-order valence-corrected chi connectivity index (χ4v) is 2.68. The van der Waals surface area contributed by atoms with Crippen LogP contribution in [0, 0.1) is 0 Å². The number of hydrogen-bond acceptors (Lipinski definition) is 6. The lowest BCUT2D eigenvalue weighted by molar-refractivity contribution is 0.0254. The van der Waals surface area contributed by atoms with Crippen molar-refractivity contribution in [1.82, 2.24) is 15.1 Å². The van der Waals surface area contributed by atoms with E-state index in [1.165, 1.54) is 0 Å². The first-order valence-electron chi connectivity index (χ1n) is 7.57. The van der Waals surface area contributed by atoms with Crippen LogP contribution in [0.4, 0.5) is 0 Å². The molecule has 1 unspecified atom stereocenters. The Morgan fingerprint density at radius 2 is 2.18 bits per heavy atom. The van der Waals surface area contributed by atoms with Crippen LogP contribution >= 0.6 is 0 Å². The molecule has 0 radical (unpaired) electrons. The molecule has 118 valence electrons. The molecule has 2 aromatic heterocycles. The molecule has 6 heteroatoms. The Labute approximate surface area is 129 Å². The summed E-state index contributed by atoms with van der Waals surface area (Å²) >= 11 is 0. The molecule has 0 saturated carbocycles. The topological polar surface area (TPSA) is 70.3 Å². The molecule has 0 bridgehead atoms. The van der Waals surface area contributed by atoms with Crippen molar-refractivity contribution in [3.63, 3.8) is 0 Å². The summed E-state index contributed by atoms with van der Waals surface area (Å²) in [4.78, 5) is 8.80. The third-order valence-corrected chi connectivity index (χ3v) is 3.82. The molecule has 1 fully saturated rings. The Balaban J connectivity index is 1.91. The van der Waals surface area contributed by atoms with E-state index in [9.17, 15) is 0 Å². The Morgan fingerprint density at radius 3 is 2.86 bits per heavy atom. The molecular weight excluding hydrogens is 282 g/mol. The van der Waals surface area contributed by atoms with Crippen molar-refractivity contribution < 1.29 is 14.0 Å². The van der Waals surface area contributed by atoms with Gasteiger partial charge in [-0.3, -0.25) is 0 Å². The largest absolute Gasteiger partial charge is 0.474 e. The van der Waals surface area contributed by atoms with Crippen LogP contribution in [-0.2, 0) is 4.74 Å². The van der Waals surface area contributed by atoms with Crippen LogP contribution in [0.25, 0.3) is 11.5 Å². The second kappa shape index (κ2) is 5.68. The van der Waals surface area contributed by atoms with Gasteiger partial charge >= 0.3 is 0 Å². The van der Waals surface area contributed by atoms with Crippen molar-refractivity contribution in [3.8, 4) is 17.3 Å². The van der Waals surface area contributed by atoms with Gasteiger partial charge in [-0.2, -0.15) is 4.98 Å². The van der Waals surface area contributed by atoms with Crippen molar-refractivity contribution in [2.24, 2.45) is 0 Å². The zero-order chi connectivity index (χ0) is 15.7. The lowest BCUT2D eigenvalue weighted by atomic mass is 9.90. The Bertz CT molecular complexity index is 652. The normalized spacial score (nSPS) is 20.5. The number of hydrogen-bond donors (Lipinski definition) is 0. The lowest BCUT2D eigenvalue weighted by Gasteiger charge is -2.22. The van der Waals surface area contributed by atoms with Crippen molar-refractivity contribution in [1.29, 1.82) is 0 Å². The molecule has 1 saturated heterocycles. The maximum absolute atomic E-state index is 5.74. The monoisotopic (exact) mass is 303 g/mol. The predicted molar refractivity (Wildman–Crippen MR) is 80.7 cm³/mol. The molecule has 0 aliphatic carbocycles. The highest BCUT2D eigenvalue weighted by Gasteiger charge is 2.40. The molecular formula is C16H21N3O3. The fourth-order valence-electron chi connectivity index (χ4n) is 2.68. The van der Waals surface area contributed by atoms with Gasteiger partial charge in [0.15, 0.2) is 5.82 Å². The van der Waals surface area contributed by atoms with Crippen molar-refractivity contribution >= 4 is 0 Å². The molecule has 1 atom stereocenters. The summed E-state index contributed by atoms with van der Waals surface area (Å²) in [6.07, 6.45) is 2.61. The number of rotatable bonds is 4. The maximum Gasteiger partial charge on any atom is 0.263 e. The second-order valence-corrected chi connectivity index (χ2v) is 6.27. The van der Waals surface area contributed by atoms with Crippen LogP contribution in [0.3, 0.4) is 0 Å². The number of aromatic nitrogens is 3. The second-order valence-electron chi connectivity index (χ2n) is 6.27. The van der Waals surface area contributed by atoms with Crippen LogP contribution in [0.15, 0.2) is 22.9 Å². The molecule has 0 N–H and O–H groups in total. The first-order chi connectivity index (χ1) is 10.5. The minimum atomic E-state index is -0.270. The Kier molecular flexibility index (Phi) is 3.87. The summed E-state index contributed by atoms with van der Waals surface area (Å²) in [6.45, 7) is 8.73. The first-order valence-corrected chi connectivity index (χ1v) is 7.57. The van der Waals surface area contributed by atoms with Crippen molar-refractivity contribution in [2.45, 2.75) is 51.7 Å². The lowest BCUT2D eigenvalue weighted by Crippen LogP contribution is -2.26. The minimum absolute atomic E-state index is 0.0261. The van der Waals surface area contributed by atoms with Gasteiger partial charge in [0, 0.05) is 12.8 Å². The van der Waals surface area contributed by atoms with Crippen molar-refractivity contribution in [3.05, 3.63) is 24.2 Å². The van der Waals surface area contributed by atoms with Gasteiger partial charge in [-0.1, -0.05) is 5.16 Å². The van der Waals surface area contributed by atoms with E-state index >= 15 is 0 Å². The zero-order valence-electron chi connectivity index (χ0n) is 13.4. The SMILES string of the molecule is CC(C)Oc1ncccc1-c1nc(C2CCOC2(C)C)no1. The molecule has 0 amide bonds. The number of nitrogens with zero attached hydrogens (tertiary/aromatic N) is 3. The molecule has 6 nitrogen and oxygen atoms in total. The van der Waals surface area contributed by atoms with E-state index in [0.29, 0.717) is 23.2 Å². The summed E-state index contributed by atoms with van der Waals surface area (Å²) in [7, 11) is 0. The molecule has 3 heterocycles. The molecule has 0 spiro atoms. The zero-order valence-corrected chi connectivity index (χ0v) is 13.4. The van der Waals surface area contributed by atoms with Gasteiger partial charge in [-0.25, -0.2) is 4.98 Å². The van der Waals surface area contributed by atoms with Crippen LogP contribution in [0.5, 0.6) is 5.88 Å². The van der Waals surface area contributed by atoms with Gasteiger partial charge in [0.1, 0.15) is 5.56 Å². The summed E-state index contributed by atoms with van der Waals surface area (Å²) in [5, 5.41) is 4.14. The van der Waals surface area contributed by atoms with Crippen LogP contribution < -0.4 is 4.74 Å². The van der Waals surface area contributed by atoms with Crippen LogP contribution in [0.1, 0.15) is 45.9 Å². The predicted octanol–water partition coefficient (Wildman–Crippen LogP) is 3.20. The average molecular weight is 303 g/mol. The minimum Gasteiger partial charge on any atom is -0.474 e. The molecule has 1 aliphatic heterocycles. The van der Waals surface area contributed by atoms with E-state index in [1.54, 1.807) is 6.20 Å². The van der Waals surface area contributed by atoms with Crippen molar-refractivity contribution in [2.75, 3.05) is 6.61 Å². The quantitative estimate of drug-likeness (QED) is 0.864. The van der Waals surface area contributed by atoms with Gasteiger partial charge in [-0.05, 0) is 46.2 Å². The van der Waals surface area contributed by atoms with Gasteiger partial charge in [-0.15, -0.1) is 0 Å². The van der Waals surface area contributed by atoms with E-state index < -0.39 is 0 Å². The van der Waals surface area contributed by atoms with E-state index in [0.717, 1.165) is 13.0 Å². The molecule has 22 heavy (non-hydrogen) atoms. The van der Waals surface area contributed by atoms with E-state index in [1.807, 2.05) is 26.0 Å². The first kappa shape index (κ1) is 15.0. The van der Waals surface area contributed by atoms with Gasteiger partial charge in [0.2, 0.25) is 5.88 Å². The molecule has 1 aliphatic rings. The third-order valence-electron chi connectivity index (χ3n) is 3.82. The van der Waals surface area contributed by atoms with E-state index in [-0.39, 0.29) is 17.6 Å². The van der Waals surface area contributed by atoms with Gasteiger partial charge in [0.05, 0.1) is 17.6 Å². The summed E-state index contributed by atoms with van der Waals surface area (Å²) in [5.41, 5.74) is 0.444. The summed E-state index contributed by atoms with van der Waals surface area (Å²) in [6, 6.07) is 3.70. The van der Waals surface area contributed by atoms with Gasteiger partial charge < -0.3 is 14.0 Å². The smallest absolute Gasteiger partial charge is 0.263 e. The Morgan fingerprint density at radius 1 is 1.36 bits per heavy atom. The standard InChI is InChI=1S/C16H21N3O3/c1-10(2)21-14-11(6-5-8-17-14)15-18-13(19-22-15)12-7-9-20-16(12,3)4/h5-6,8,10,12H,7,9H2,1-4H3. The maximum atomic E-state index is 5.74.